The minimum Gasteiger partial charge on any atom is -0.478 e. The first kappa shape index (κ1) is 22.2. The van der Waals surface area contributed by atoms with Gasteiger partial charge in [-0.15, -0.1) is 0 Å². The number of aliphatic carboxylic acids is 1. The quantitative estimate of drug-likeness (QED) is 0.400. The van der Waals surface area contributed by atoms with Crippen LogP contribution in [0.4, 0.5) is 0 Å². The molecule has 0 saturated heterocycles. The van der Waals surface area contributed by atoms with Crippen molar-refractivity contribution in [2.75, 3.05) is 13.2 Å². The molecule has 0 heterocycles. The first-order valence-corrected chi connectivity index (χ1v) is 7.25. The number of carbonyl (C=O) groups is 3. The first-order chi connectivity index (χ1) is 10.3. The van der Waals surface area contributed by atoms with Gasteiger partial charge >= 0.3 is 17.9 Å². The van der Waals surface area contributed by atoms with Crippen LogP contribution in [0.1, 0.15) is 46.5 Å². The first-order valence-electron chi connectivity index (χ1n) is 7.25. The molecule has 0 aromatic rings. The molecule has 0 amide bonds. The SMILES string of the molecule is C=C(C)C(=O)OCCCC.CCCCOC(=O)/C=C\C(=O)O. The zero-order valence-corrected chi connectivity index (χ0v) is 13.6. The molecule has 0 aliphatic carbocycles. The van der Waals surface area contributed by atoms with Crippen molar-refractivity contribution in [1.29, 1.82) is 0 Å². The van der Waals surface area contributed by atoms with Crippen LogP contribution in [0.5, 0.6) is 0 Å². The molecule has 0 spiro atoms. The third kappa shape index (κ3) is 17.9. The summed E-state index contributed by atoms with van der Waals surface area (Å²) in [6.07, 6.45) is 5.37. The molecular weight excluding hydrogens is 288 g/mol. The van der Waals surface area contributed by atoms with Crippen molar-refractivity contribution >= 4 is 17.9 Å². The molecule has 0 aromatic heterocycles. The molecule has 0 rings (SSSR count). The molecule has 0 saturated carbocycles. The molecule has 0 aliphatic rings. The second-order valence-corrected chi connectivity index (χ2v) is 4.46. The van der Waals surface area contributed by atoms with Gasteiger partial charge in [0.25, 0.3) is 0 Å². The maximum Gasteiger partial charge on any atom is 0.333 e. The zero-order valence-electron chi connectivity index (χ0n) is 13.6. The van der Waals surface area contributed by atoms with Gasteiger partial charge in [-0.05, 0) is 19.8 Å². The van der Waals surface area contributed by atoms with Crippen LogP contribution in [0.25, 0.3) is 0 Å². The standard InChI is InChI=1S/C8H12O4.C8H14O2/c1-2-3-6-12-8(11)5-4-7(9)10;1-4-5-6-10-8(9)7(2)3/h4-5H,2-3,6H2,1H3,(H,9,10);2,4-6H2,1,3H3/b5-4-;. The van der Waals surface area contributed by atoms with Crippen LogP contribution >= 0.6 is 0 Å². The van der Waals surface area contributed by atoms with E-state index in [1.807, 2.05) is 6.92 Å². The van der Waals surface area contributed by atoms with E-state index in [0.717, 1.165) is 37.8 Å². The highest BCUT2D eigenvalue weighted by atomic mass is 16.5. The number of rotatable bonds is 9. The van der Waals surface area contributed by atoms with E-state index in [-0.39, 0.29) is 5.97 Å². The van der Waals surface area contributed by atoms with E-state index in [1.165, 1.54) is 0 Å². The molecule has 0 aliphatic heterocycles. The van der Waals surface area contributed by atoms with Gasteiger partial charge in [0.05, 0.1) is 13.2 Å². The van der Waals surface area contributed by atoms with Gasteiger partial charge in [-0.3, -0.25) is 0 Å². The third-order valence-corrected chi connectivity index (χ3v) is 2.18. The molecule has 0 aromatic carbocycles. The summed E-state index contributed by atoms with van der Waals surface area (Å²) >= 11 is 0. The minimum absolute atomic E-state index is 0.284. The van der Waals surface area contributed by atoms with E-state index < -0.39 is 11.9 Å². The second-order valence-electron chi connectivity index (χ2n) is 4.46. The number of unbranched alkanes of at least 4 members (excludes halogenated alkanes) is 2. The van der Waals surface area contributed by atoms with E-state index in [0.29, 0.717) is 18.8 Å². The fourth-order valence-electron chi connectivity index (χ4n) is 0.937. The molecule has 0 unspecified atom stereocenters. The molecule has 0 bridgehead atoms. The number of carboxylic acid groups (broad SMARTS) is 1. The van der Waals surface area contributed by atoms with Crippen molar-refractivity contribution in [3.63, 3.8) is 0 Å². The number of hydrogen-bond donors (Lipinski definition) is 1. The van der Waals surface area contributed by atoms with Crippen LogP contribution in [-0.4, -0.2) is 36.2 Å². The number of hydrogen-bond acceptors (Lipinski definition) is 5. The van der Waals surface area contributed by atoms with Crippen LogP contribution in [0.2, 0.25) is 0 Å². The van der Waals surface area contributed by atoms with Crippen molar-refractivity contribution in [2.24, 2.45) is 0 Å². The summed E-state index contributed by atoms with van der Waals surface area (Å²) < 4.78 is 9.45. The Morgan fingerprint density at radius 3 is 1.91 bits per heavy atom. The predicted molar refractivity (Wildman–Crippen MR) is 83.3 cm³/mol. The van der Waals surface area contributed by atoms with E-state index >= 15 is 0 Å². The van der Waals surface area contributed by atoms with Gasteiger partial charge in [0.15, 0.2) is 0 Å². The van der Waals surface area contributed by atoms with Gasteiger partial charge in [-0.25, -0.2) is 14.4 Å². The molecule has 1 N–H and O–H groups in total. The zero-order chi connectivity index (χ0) is 17.4. The van der Waals surface area contributed by atoms with Gasteiger partial charge in [-0.1, -0.05) is 33.3 Å². The van der Waals surface area contributed by atoms with Gasteiger partial charge < -0.3 is 14.6 Å². The Morgan fingerprint density at radius 2 is 1.50 bits per heavy atom. The molecule has 0 fully saturated rings. The fourth-order valence-corrected chi connectivity index (χ4v) is 0.937. The van der Waals surface area contributed by atoms with Crippen LogP contribution in [0, 0.1) is 0 Å². The summed E-state index contributed by atoms with van der Waals surface area (Å²) in [4.78, 5) is 31.3. The van der Waals surface area contributed by atoms with Gasteiger partial charge in [-0.2, -0.15) is 0 Å². The predicted octanol–water partition coefficient (Wildman–Crippen LogP) is 2.88. The Kier molecular flexibility index (Phi) is 15.4. The van der Waals surface area contributed by atoms with Crippen molar-refractivity contribution in [1.82, 2.24) is 0 Å². The molecule has 6 nitrogen and oxygen atoms in total. The Bertz CT molecular complexity index is 384. The Balaban J connectivity index is 0. The lowest BCUT2D eigenvalue weighted by atomic mass is 10.3. The highest BCUT2D eigenvalue weighted by Crippen LogP contribution is 1.94. The molecule has 126 valence electrons. The van der Waals surface area contributed by atoms with Crippen LogP contribution < -0.4 is 0 Å². The molecule has 0 radical (unpaired) electrons. The highest BCUT2D eigenvalue weighted by molar-refractivity contribution is 5.90. The summed E-state index contributed by atoms with van der Waals surface area (Å²) in [5.41, 5.74) is 0.469. The average Bonchev–Trinajstić information content (AvgIpc) is 2.46. The summed E-state index contributed by atoms with van der Waals surface area (Å²) in [7, 11) is 0. The largest absolute Gasteiger partial charge is 0.478 e. The lowest BCUT2D eigenvalue weighted by molar-refractivity contribution is -0.139. The molecule has 22 heavy (non-hydrogen) atoms. The van der Waals surface area contributed by atoms with Gasteiger partial charge in [0, 0.05) is 17.7 Å². The van der Waals surface area contributed by atoms with E-state index in [4.69, 9.17) is 9.84 Å². The summed E-state index contributed by atoms with van der Waals surface area (Å²) in [6.45, 7) is 9.99. The summed E-state index contributed by atoms with van der Waals surface area (Å²) in [5, 5.41) is 8.14. The lowest BCUT2D eigenvalue weighted by Crippen LogP contribution is -2.05. The van der Waals surface area contributed by atoms with Gasteiger partial charge in [0.1, 0.15) is 0 Å². The Morgan fingerprint density at radius 1 is 1.00 bits per heavy atom. The van der Waals surface area contributed by atoms with Crippen molar-refractivity contribution in [2.45, 2.75) is 46.5 Å². The van der Waals surface area contributed by atoms with E-state index in [1.54, 1.807) is 6.92 Å². The van der Waals surface area contributed by atoms with E-state index in [9.17, 15) is 14.4 Å². The lowest BCUT2D eigenvalue weighted by Gasteiger charge is -2.01. The average molecular weight is 314 g/mol. The third-order valence-electron chi connectivity index (χ3n) is 2.18. The van der Waals surface area contributed by atoms with Crippen molar-refractivity contribution < 1.29 is 29.0 Å². The summed E-state index contributed by atoms with van der Waals surface area (Å²) in [6, 6.07) is 0. The van der Waals surface area contributed by atoms with E-state index in [2.05, 4.69) is 18.2 Å². The number of carbonyl (C=O) groups excluding carboxylic acids is 2. The van der Waals surface area contributed by atoms with Crippen LogP contribution in [0.3, 0.4) is 0 Å². The second kappa shape index (κ2) is 15.3. The highest BCUT2D eigenvalue weighted by Gasteiger charge is 2.00. The minimum atomic E-state index is -1.15. The molecular formula is C16H26O6. The Hall–Kier alpha value is -2.11. The molecule has 0 atom stereocenters. The number of esters is 2. The monoisotopic (exact) mass is 314 g/mol. The normalized spacial score (nSPS) is 9.59. The smallest absolute Gasteiger partial charge is 0.333 e. The Labute approximate surface area is 131 Å². The molecule has 6 heteroatoms. The van der Waals surface area contributed by atoms with Crippen molar-refractivity contribution in [3.05, 3.63) is 24.3 Å². The number of carboxylic acids is 1. The van der Waals surface area contributed by atoms with Crippen molar-refractivity contribution in [3.8, 4) is 0 Å². The summed E-state index contributed by atoms with van der Waals surface area (Å²) in [5.74, 6) is -2.04. The maximum atomic E-state index is 10.7. The van der Waals surface area contributed by atoms with Crippen LogP contribution in [-0.2, 0) is 23.9 Å². The topological polar surface area (TPSA) is 89.9 Å². The maximum absolute atomic E-state index is 10.7. The van der Waals surface area contributed by atoms with Gasteiger partial charge in [0.2, 0.25) is 0 Å². The van der Waals surface area contributed by atoms with Crippen LogP contribution in [0.15, 0.2) is 24.3 Å². The number of ether oxygens (including phenoxy) is 2. The fraction of sp³-hybridized carbons (Fsp3) is 0.562.